The fraction of sp³-hybridized carbons (Fsp3) is 0.300. The topological polar surface area (TPSA) is 104 Å². The van der Waals surface area contributed by atoms with Crippen LogP contribution >= 0.6 is 0 Å². The summed E-state index contributed by atoms with van der Waals surface area (Å²) in [4.78, 5) is 9.17. The lowest BCUT2D eigenvalue weighted by molar-refractivity contribution is 0.220. The fourth-order valence-corrected chi connectivity index (χ4v) is 3.72. The smallest absolute Gasteiger partial charge is 0.263 e. The van der Waals surface area contributed by atoms with Crippen molar-refractivity contribution < 1.29 is 13.5 Å². The van der Waals surface area contributed by atoms with Gasteiger partial charge in [0.2, 0.25) is 0 Å². The number of aromatic nitrogens is 2. The molecular weight excluding hydrogens is 376 g/mol. The monoisotopic (exact) mass is 400 g/mol. The number of nitrogens with zero attached hydrogens (tertiary/aromatic N) is 2. The average Bonchev–Trinajstić information content (AvgIpc) is 2.67. The van der Waals surface area contributed by atoms with E-state index < -0.39 is 10.0 Å². The van der Waals surface area contributed by atoms with Gasteiger partial charge in [-0.2, -0.15) is 0 Å². The highest BCUT2D eigenvalue weighted by atomic mass is 32.2. The molecule has 0 aliphatic heterocycles. The van der Waals surface area contributed by atoms with Crippen molar-refractivity contribution in [2.24, 2.45) is 5.41 Å². The third kappa shape index (κ3) is 4.76. The fourth-order valence-electron chi connectivity index (χ4n) is 2.69. The average molecular weight is 401 g/mol. The molecule has 8 heteroatoms. The maximum Gasteiger partial charge on any atom is 0.263 e. The molecule has 0 saturated carbocycles. The van der Waals surface area contributed by atoms with Gasteiger partial charge in [-0.3, -0.25) is 4.72 Å². The quantitative estimate of drug-likeness (QED) is 0.536. The molecule has 0 spiro atoms. The van der Waals surface area contributed by atoms with Crippen LogP contribution in [0.1, 0.15) is 20.3 Å². The summed E-state index contributed by atoms with van der Waals surface area (Å²) >= 11 is 0. The molecule has 3 N–H and O–H groups in total. The zero-order valence-corrected chi connectivity index (χ0v) is 16.7. The van der Waals surface area contributed by atoms with Crippen LogP contribution in [0.25, 0.3) is 11.0 Å². The summed E-state index contributed by atoms with van der Waals surface area (Å²) in [6.07, 6.45) is 0.603. The molecule has 0 aliphatic rings. The van der Waals surface area contributed by atoms with Crippen LogP contribution < -0.4 is 10.0 Å². The Morgan fingerprint density at radius 1 is 0.929 bits per heavy atom. The van der Waals surface area contributed by atoms with E-state index in [1.54, 1.807) is 24.3 Å². The van der Waals surface area contributed by atoms with Gasteiger partial charge in [-0.15, -0.1) is 0 Å². The van der Waals surface area contributed by atoms with Crippen molar-refractivity contribution in [2.45, 2.75) is 25.2 Å². The molecule has 148 valence electrons. The normalized spacial score (nSPS) is 12.1. The van der Waals surface area contributed by atoms with Crippen LogP contribution in [0.5, 0.6) is 0 Å². The van der Waals surface area contributed by atoms with E-state index in [1.807, 2.05) is 32.0 Å². The van der Waals surface area contributed by atoms with E-state index in [0.29, 0.717) is 29.8 Å². The number of benzene rings is 2. The number of hydrogen-bond acceptors (Lipinski definition) is 6. The minimum absolute atomic E-state index is 0.0750. The molecule has 2 aromatic carbocycles. The van der Waals surface area contributed by atoms with E-state index in [0.717, 1.165) is 0 Å². The largest absolute Gasteiger partial charge is 0.396 e. The molecule has 0 fully saturated rings. The zero-order chi connectivity index (χ0) is 20.2. The number of para-hydroxylation sites is 2. The van der Waals surface area contributed by atoms with Crippen molar-refractivity contribution in [2.75, 3.05) is 23.2 Å². The molecule has 1 aromatic heterocycles. The molecule has 0 atom stereocenters. The summed E-state index contributed by atoms with van der Waals surface area (Å²) in [6, 6.07) is 15.4. The van der Waals surface area contributed by atoms with Crippen molar-refractivity contribution in [3.05, 3.63) is 54.6 Å². The Morgan fingerprint density at radius 3 is 2.11 bits per heavy atom. The van der Waals surface area contributed by atoms with Crippen molar-refractivity contribution in [3.63, 3.8) is 0 Å². The van der Waals surface area contributed by atoms with Gasteiger partial charge in [-0.1, -0.05) is 44.2 Å². The van der Waals surface area contributed by atoms with Gasteiger partial charge in [0.05, 0.1) is 15.9 Å². The molecule has 0 amide bonds. The Hall–Kier alpha value is -2.71. The second-order valence-electron chi connectivity index (χ2n) is 7.32. The van der Waals surface area contributed by atoms with Crippen LogP contribution in [0, 0.1) is 5.41 Å². The Balaban J connectivity index is 1.97. The SMILES string of the molecule is CC(C)(CCO)CNc1nc2ccccc2nc1NS(=O)(=O)c1ccccc1. The van der Waals surface area contributed by atoms with Gasteiger partial charge < -0.3 is 10.4 Å². The molecule has 0 unspecified atom stereocenters. The number of aliphatic hydroxyl groups excluding tert-OH is 1. The lowest BCUT2D eigenvalue weighted by atomic mass is 9.90. The Kier molecular flexibility index (Phi) is 5.81. The number of anilines is 2. The maximum absolute atomic E-state index is 12.8. The first-order valence-electron chi connectivity index (χ1n) is 9.00. The third-order valence-corrected chi connectivity index (χ3v) is 5.73. The summed E-state index contributed by atoms with van der Waals surface area (Å²) in [7, 11) is -3.80. The number of sulfonamides is 1. The lowest BCUT2D eigenvalue weighted by Crippen LogP contribution is -2.25. The highest BCUT2D eigenvalue weighted by Crippen LogP contribution is 2.26. The first-order valence-corrected chi connectivity index (χ1v) is 10.5. The van der Waals surface area contributed by atoms with E-state index in [4.69, 9.17) is 0 Å². The molecule has 28 heavy (non-hydrogen) atoms. The van der Waals surface area contributed by atoms with Gasteiger partial charge in [0, 0.05) is 13.2 Å². The summed E-state index contributed by atoms with van der Waals surface area (Å²) in [5.74, 6) is 0.492. The molecule has 0 aliphatic carbocycles. The van der Waals surface area contributed by atoms with E-state index >= 15 is 0 Å². The number of hydrogen-bond donors (Lipinski definition) is 3. The van der Waals surface area contributed by atoms with Gasteiger partial charge in [0.1, 0.15) is 0 Å². The summed E-state index contributed by atoms with van der Waals surface area (Å²) < 4.78 is 28.1. The number of fused-ring (bicyclic) bond motifs is 1. The van der Waals surface area contributed by atoms with E-state index in [1.165, 1.54) is 12.1 Å². The van der Waals surface area contributed by atoms with Crippen LogP contribution in [0.3, 0.4) is 0 Å². The first-order chi connectivity index (χ1) is 13.3. The predicted octanol–water partition coefficient (Wildman–Crippen LogP) is 3.25. The second kappa shape index (κ2) is 8.12. The molecule has 0 bridgehead atoms. The van der Waals surface area contributed by atoms with Gasteiger partial charge in [-0.25, -0.2) is 18.4 Å². The first kappa shape index (κ1) is 20.0. The Bertz CT molecular complexity index is 1050. The van der Waals surface area contributed by atoms with Gasteiger partial charge in [0.25, 0.3) is 10.0 Å². The molecule has 1 heterocycles. The van der Waals surface area contributed by atoms with Crippen LogP contribution in [0.15, 0.2) is 59.5 Å². The molecule has 0 saturated heterocycles. The molecule has 3 rings (SSSR count). The van der Waals surface area contributed by atoms with Crippen molar-refractivity contribution >= 4 is 32.7 Å². The minimum Gasteiger partial charge on any atom is -0.396 e. The lowest BCUT2D eigenvalue weighted by Gasteiger charge is -2.25. The summed E-state index contributed by atoms with van der Waals surface area (Å²) in [6.45, 7) is 4.60. The summed E-state index contributed by atoms with van der Waals surface area (Å²) in [5, 5.41) is 12.4. The van der Waals surface area contributed by atoms with Gasteiger partial charge >= 0.3 is 0 Å². The Morgan fingerprint density at radius 2 is 1.50 bits per heavy atom. The molecule has 0 radical (unpaired) electrons. The molecule has 7 nitrogen and oxygen atoms in total. The van der Waals surface area contributed by atoms with E-state index in [-0.39, 0.29) is 22.7 Å². The van der Waals surface area contributed by atoms with Crippen LogP contribution in [-0.4, -0.2) is 36.6 Å². The number of nitrogens with one attached hydrogen (secondary N) is 2. The van der Waals surface area contributed by atoms with Gasteiger partial charge in [0.15, 0.2) is 11.6 Å². The second-order valence-corrected chi connectivity index (χ2v) is 9.00. The Labute approximate surface area is 164 Å². The zero-order valence-electron chi connectivity index (χ0n) is 15.9. The van der Waals surface area contributed by atoms with Crippen LogP contribution in [-0.2, 0) is 10.0 Å². The van der Waals surface area contributed by atoms with E-state index in [9.17, 15) is 13.5 Å². The van der Waals surface area contributed by atoms with Crippen molar-refractivity contribution in [3.8, 4) is 0 Å². The van der Waals surface area contributed by atoms with Crippen LogP contribution in [0.4, 0.5) is 11.6 Å². The molecule has 3 aromatic rings. The third-order valence-electron chi connectivity index (χ3n) is 4.38. The molecular formula is C20H24N4O3S. The van der Waals surface area contributed by atoms with Gasteiger partial charge in [-0.05, 0) is 36.1 Å². The minimum atomic E-state index is -3.80. The standard InChI is InChI=1S/C20H24N4O3S/c1-20(2,12-13-25)14-21-18-19(23-17-11-7-6-10-16(17)22-18)24-28(26,27)15-8-4-3-5-9-15/h3-11,25H,12-14H2,1-2H3,(H,21,22)(H,23,24). The number of aliphatic hydroxyl groups is 1. The summed E-state index contributed by atoms with van der Waals surface area (Å²) in [5.41, 5.74) is 1.05. The van der Waals surface area contributed by atoms with Crippen molar-refractivity contribution in [1.29, 1.82) is 0 Å². The van der Waals surface area contributed by atoms with E-state index in [2.05, 4.69) is 20.0 Å². The van der Waals surface area contributed by atoms with Crippen molar-refractivity contribution in [1.82, 2.24) is 9.97 Å². The highest BCUT2D eigenvalue weighted by molar-refractivity contribution is 7.92. The number of rotatable bonds is 8. The van der Waals surface area contributed by atoms with Crippen LogP contribution in [0.2, 0.25) is 0 Å². The maximum atomic E-state index is 12.8. The highest BCUT2D eigenvalue weighted by Gasteiger charge is 2.21. The predicted molar refractivity (Wildman–Crippen MR) is 111 cm³/mol.